The van der Waals surface area contributed by atoms with Crippen molar-refractivity contribution in [1.29, 1.82) is 0 Å². The van der Waals surface area contributed by atoms with E-state index in [1.54, 1.807) is 37.3 Å². The molecule has 0 fully saturated rings. The summed E-state index contributed by atoms with van der Waals surface area (Å²) in [6.45, 7) is 1.78. The molecular formula is C11H11BrN2O2S2. The first-order valence-corrected chi connectivity index (χ1v) is 8.12. The van der Waals surface area contributed by atoms with Crippen LogP contribution in [0.1, 0.15) is 5.56 Å². The molecule has 0 radical (unpaired) electrons. The molecule has 7 heteroatoms. The standard InChI is InChI=1S/C11H11BrN2O2S2/c1-7-8(13)3-2-4-9(7)14-18(15,16)11-6-5-10(12)17-11/h2-6,14H,13H2,1H3. The number of thiophene rings is 1. The van der Waals surface area contributed by atoms with Gasteiger partial charge in [0.25, 0.3) is 10.0 Å². The molecule has 1 aromatic carbocycles. The van der Waals surface area contributed by atoms with Crippen molar-refractivity contribution < 1.29 is 8.42 Å². The predicted octanol–water partition coefficient (Wildman–Crippen LogP) is 3.20. The van der Waals surface area contributed by atoms with Gasteiger partial charge < -0.3 is 5.73 Å². The zero-order valence-electron chi connectivity index (χ0n) is 9.48. The Balaban J connectivity index is 2.37. The maximum Gasteiger partial charge on any atom is 0.271 e. The normalized spacial score (nSPS) is 11.4. The third-order valence-electron chi connectivity index (χ3n) is 2.43. The smallest absolute Gasteiger partial charge is 0.271 e. The second-order valence-electron chi connectivity index (χ2n) is 3.68. The van der Waals surface area contributed by atoms with Gasteiger partial charge in [-0.15, -0.1) is 11.3 Å². The number of nitrogens with one attached hydrogen (secondary N) is 1. The van der Waals surface area contributed by atoms with Crippen molar-refractivity contribution in [3.63, 3.8) is 0 Å². The Hall–Kier alpha value is -1.05. The van der Waals surface area contributed by atoms with E-state index in [1.807, 2.05) is 0 Å². The van der Waals surface area contributed by atoms with E-state index in [0.29, 0.717) is 11.4 Å². The SMILES string of the molecule is Cc1c(N)cccc1NS(=O)(=O)c1ccc(Br)s1. The molecule has 0 saturated heterocycles. The van der Waals surface area contributed by atoms with Gasteiger partial charge in [0.2, 0.25) is 0 Å². The lowest BCUT2D eigenvalue weighted by Gasteiger charge is -2.10. The van der Waals surface area contributed by atoms with Gasteiger partial charge in [0.15, 0.2) is 0 Å². The zero-order chi connectivity index (χ0) is 13.3. The lowest BCUT2D eigenvalue weighted by molar-refractivity contribution is 0.603. The number of hydrogen-bond acceptors (Lipinski definition) is 4. The van der Waals surface area contributed by atoms with Gasteiger partial charge in [-0.05, 0) is 52.7 Å². The lowest BCUT2D eigenvalue weighted by atomic mass is 10.2. The van der Waals surface area contributed by atoms with Crippen molar-refractivity contribution >= 4 is 48.7 Å². The van der Waals surface area contributed by atoms with Crippen molar-refractivity contribution in [2.75, 3.05) is 10.5 Å². The Morgan fingerprint density at radius 1 is 1.28 bits per heavy atom. The average Bonchev–Trinajstić information content (AvgIpc) is 2.72. The maximum absolute atomic E-state index is 12.1. The molecule has 2 aromatic rings. The van der Waals surface area contributed by atoms with Gasteiger partial charge in [-0.1, -0.05) is 6.07 Å². The second kappa shape index (κ2) is 4.91. The topological polar surface area (TPSA) is 72.2 Å². The van der Waals surface area contributed by atoms with Gasteiger partial charge in [0.1, 0.15) is 4.21 Å². The van der Waals surface area contributed by atoms with Crippen LogP contribution in [0.5, 0.6) is 0 Å². The van der Waals surface area contributed by atoms with Gasteiger partial charge in [0, 0.05) is 5.69 Å². The third-order valence-corrected chi connectivity index (χ3v) is 5.91. The summed E-state index contributed by atoms with van der Waals surface area (Å²) in [5, 5.41) is 0. The molecule has 0 atom stereocenters. The fourth-order valence-corrected chi connectivity index (χ4v) is 4.53. The average molecular weight is 347 g/mol. The molecule has 3 N–H and O–H groups in total. The Bertz CT molecular complexity index is 680. The van der Waals surface area contributed by atoms with E-state index >= 15 is 0 Å². The predicted molar refractivity (Wildman–Crippen MR) is 78.4 cm³/mol. The molecule has 0 unspecified atom stereocenters. The highest BCUT2D eigenvalue weighted by atomic mass is 79.9. The van der Waals surface area contributed by atoms with Gasteiger partial charge in [0.05, 0.1) is 9.47 Å². The van der Waals surface area contributed by atoms with E-state index < -0.39 is 10.0 Å². The highest BCUT2D eigenvalue weighted by Gasteiger charge is 2.17. The molecule has 96 valence electrons. The van der Waals surface area contributed by atoms with Gasteiger partial charge in [-0.2, -0.15) is 0 Å². The number of halogens is 1. The van der Waals surface area contributed by atoms with E-state index in [-0.39, 0.29) is 4.21 Å². The summed E-state index contributed by atoms with van der Waals surface area (Å²) in [4.78, 5) is 0. The molecule has 0 aliphatic heterocycles. The van der Waals surface area contributed by atoms with Crippen molar-refractivity contribution in [2.24, 2.45) is 0 Å². The Kier molecular flexibility index (Phi) is 3.65. The number of hydrogen-bond donors (Lipinski definition) is 2. The third kappa shape index (κ3) is 2.68. The molecular weight excluding hydrogens is 336 g/mol. The number of nitrogen functional groups attached to an aromatic ring is 1. The van der Waals surface area contributed by atoms with E-state index in [9.17, 15) is 8.42 Å². The minimum Gasteiger partial charge on any atom is -0.398 e. The quantitative estimate of drug-likeness (QED) is 0.838. The van der Waals surface area contributed by atoms with Gasteiger partial charge >= 0.3 is 0 Å². The van der Waals surface area contributed by atoms with Crippen molar-refractivity contribution in [2.45, 2.75) is 11.1 Å². The highest BCUT2D eigenvalue weighted by molar-refractivity contribution is 9.11. The first-order chi connectivity index (χ1) is 8.40. The molecule has 1 heterocycles. The van der Waals surface area contributed by atoms with Gasteiger partial charge in [-0.25, -0.2) is 8.42 Å². The van der Waals surface area contributed by atoms with Crippen molar-refractivity contribution in [3.05, 3.63) is 39.7 Å². The first-order valence-electron chi connectivity index (χ1n) is 5.03. The summed E-state index contributed by atoms with van der Waals surface area (Å²) in [7, 11) is -3.55. The van der Waals surface area contributed by atoms with Crippen molar-refractivity contribution in [1.82, 2.24) is 0 Å². The number of rotatable bonds is 3. The molecule has 0 bridgehead atoms. The summed E-state index contributed by atoms with van der Waals surface area (Å²) >= 11 is 4.40. The summed E-state index contributed by atoms with van der Waals surface area (Å²) < 4.78 is 27.8. The van der Waals surface area contributed by atoms with E-state index in [4.69, 9.17) is 5.73 Å². The Morgan fingerprint density at radius 3 is 2.61 bits per heavy atom. The molecule has 0 aliphatic rings. The zero-order valence-corrected chi connectivity index (χ0v) is 12.7. The maximum atomic E-state index is 12.1. The van der Waals surface area contributed by atoms with Crippen LogP contribution >= 0.6 is 27.3 Å². The van der Waals surface area contributed by atoms with Crippen molar-refractivity contribution in [3.8, 4) is 0 Å². The van der Waals surface area contributed by atoms with Crippen LogP contribution in [0.4, 0.5) is 11.4 Å². The fourth-order valence-electron chi connectivity index (χ4n) is 1.40. The second-order valence-corrected chi connectivity index (χ2v) is 8.06. The minimum atomic E-state index is -3.55. The Labute approximate surface area is 118 Å². The highest BCUT2D eigenvalue weighted by Crippen LogP contribution is 2.29. The summed E-state index contributed by atoms with van der Waals surface area (Å²) in [6, 6.07) is 8.38. The number of sulfonamides is 1. The van der Waals surface area contributed by atoms with Crippen LogP contribution in [0, 0.1) is 6.92 Å². The summed E-state index contributed by atoms with van der Waals surface area (Å²) in [6.07, 6.45) is 0. The number of benzene rings is 1. The molecule has 0 amide bonds. The minimum absolute atomic E-state index is 0.260. The van der Waals surface area contributed by atoms with Crippen LogP contribution < -0.4 is 10.5 Å². The lowest BCUT2D eigenvalue weighted by Crippen LogP contribution is -2.12. The molecule has 1 aromatic heterocycles. The van der Waals surface area contributed by atoms with E-state index in [1.165, 1.54) is 0 Å². The van der Waals surface area contributed by atoms with Crippen LogP contribution in [-0.4, -0.2) is 8.42 Å². The molecule has 0 spiro atoms. The monoisotopic (exact) mass is 346 g/mol. The molecule has 4 nitrogen and oxygen atoms in total. The van der Waals surface area contributed by atoms with Crippen LogP contribution in [0.2, 0.25) is 0 Å². The fraction of sp³-hybridized carbons (Fsp3) is 0.0909. The number of nitrogens with two attached hydrogens (primary N) is 1. The Morgan fingerprint density at radius 2 is 2.00 bits per heavy atom. The van der Waals surface area contributed by atoms with Crippen LogP contribution in [0.15, 0.2) is 38.3 Å². The molecule has 18 heavy (non-hydrogen) atoms. The summed E-state index contributed by atoms with van der Waals surface area (Å²) in [5.74, 6) is 0. The van der Waals surface area contributed by atoms with E-state index in [0.717, 1.165) is 20.7 Å². The van der Waals surface area contributed by atoms with Gasteiger partial charge in [-0.3, -0.25) is 4.72 Å². The molecule has 0 saturated carbocycles. The van der Waals surface area contributed by atoms with Crippen LogP contribution in [0.25, 0.3) is 0 Å². The largest absolute Gasteiger partial charge is 0.398 e. The molecule has 2 rings (SSSR count). The summed E-state index contributed by atoms with van der Waals surface area (Å²) in [5.41, 5.74) is 7.52. The van der Waals surface area contributed by atoms with Crippen LogP contribution in [-0.2, 0) is 10.0 Å². The first kappa shape index (κ1) is 13.4. The van der Waals surface area contributed by atoms with E-state index in [2.05, 4.69) is 20.7 Å². The van der Waals surface area contributed by atoms with Crippen LogP contribution in [0.3, 0.4) is 0 Å². The molecule has 0 aliphatic carbocycles. The number of anilines is 2.